The quantitative estimate of drug-likeness (QED) is 0.602. The third-order valence-electron chi connectivity index (χ3n) is 4.39. The minimum Gasteiger partial charge on any atom is -0.324 e. The Morgan fingerprint density at radius 2 is 1.75 bits per heavy atom. The predicted octanol–water partition coefficient (Wildman–Crippen LogP) is 2.22. The molecule has 0 bridgehead atoms. The SMILES string of the molecule is Cc1ccc(S(=O)(=O)N2C(=O)CCC2C(=O)Nc2ccc([N+](=O)[O-])cc2)cc1. The minimum absolute atomic E-state index is 0.0583. The van der Waals surface area contributed by atoms with Gasteiger partial charge in [0.2, 0.25) is 11.8 Å². The van der Waals surface area contributed by atoms with Crippen LogP contribution < -0.4 is 5.32 Å². The summed E-state index contributed by atoms with van der Waals surface area (Å²) in [5.74, 6) is -1.32. The van der Waals surface area contributed by atoms with Gasteiger partial charge in [-0.3, -0.25) is 19.7 Å². The molecule has 2 amide bonds. The molecular weight excluding hydrogens is 386 g/mol. The highest BCUT2D eigenvalue weighted by atomic mass is 32.2. The van der Waals surface area contributed by atoms with Crippen LogP contribution in [-0.4, -0.2) is 35.5 Å². The molecule has 1 atom stereocenters. The van der Waals surface area contributed by atoms with E-state index in [0.29, 0.717) is 4.31 Å². The Morgan fingerprint density at radius 1 is 1.14 bits per heavy atom. The van der Waals surface area contributed by atoms with Crippen molar-refractivity contribution in [3.8, 4) is 0 Å². The summed E-state index contributed by atoms with van der Waals surface area (Å²) in [6.45, 7) is 1.80. The average molecular weight is 403 g/mol. The van der Waals surface area contributed by atoms with Gasteiger partial charge in [-0.1, -0.05) is 17.7 Å². The summed E-state index contributed by atoms with van der Waals surface area (Å²) in [7, 11) is -4.18. The number of nitrogens with one attached hydrogen (secondary N) is 1. The number of sulfonamides is 1. The van der Waals surface area contributed by atoms with E-state index in [-0.39, 0.29) is 29.1 Å². The standard InChI is InChI=1S/C18H17N3O6S/c1-12-2-8-15(9-3-12)28(26,27)20-16(10-11-17(20)22)18(23)19-13-4-6-14(7-5-13)21(24)25/h2-9,16H,10-11H2,1H3,(H,19,23). The highest BCUT2D eigenvalue weighted by Gasteiger charge is 2.44. The maximum absolute atomic E-state index is 12.9. The molecule has 1 aliphatic heterocycles. The molecule has 0 spiro atoms. The predicted molar refractivity (Wildman–Crippen MR) is 100.0 cm³/mol. The van der Waals surface area contributed by atoms with E-state index in [1.807, 2.05) is 0 Å². The molecule has 0 saturated carbocycles. The highest BCUT2D eigenvalue weighted by Crippen LogP contribution is 2.28. The lowest BCUT2D eigenvalue weighted by molar-refractivity contribution is -0.384. The van der Waals surface area contributed by atoms with Crippen molar-refractivity contribution in [2.24, 2.45) is 0 Å². The molecule has 1 saturated heterocycles. The Morgan fingerprint density at radius 3 is 2.32 bits per heavy atom. The molecule has 2 aromatic carbocycles. The highest BCUT2D eigenvalue weighted by molar-refractivity contribution is 7.89. The van der Waals surface area contributed by atoms with E-state index in [4.69, 9.17) is 0 Å². The number of nitro groups is 1. The van der Waals surface area contributed by atoms with E-state index in [9.17, 15) is 28.1 Å². The summed E-state index contributed by atoms with van der Waals surface area (Å²) in [6, 6.07) is 9.93. The Kier molecular flexibility index (Phi) is 5.14. The summed E-state index contributed by atoms with van der Waals surface area (Å²) in [5, 5.41) is 13.2. The van der Waals surface area contributed by atoms with Crippen LogP contribution >= 0.6 is 0 Å². The number of amides is 2. The molecule has 2 aromatic rings. The van der Waals surface area contributed by atoms with E-state index >= 15 is 0 Å². The van der Waals surface area contributed by atoms with Crippen LogP contribution in [0.25, 0.3) is 0 Å². The van der Waals surface area contributed by atoms with Crippen molar-refractivity contribution in [3.05, 3.63) is 64.2 Å². The van der Waals surface area contributed by atoms with Crippen molar-refractivity contribution >= 4 is 33.2 Å². The number of benzene rings is 2. The molecule has 1 aliphatic rings. The summed E-state index contributed by atoms with van der Waals surface area (Å²) in [5.41, 5.74) is 0.986. The van der Waals surface area contributed by atoms with Crippen molar-refractivity contribution in [3.63, 3.8) is 0 Å². The molecule has 1 N–H and O–H groups in total. The topological polar surface area (TPSA) is 127 Å². The van der Waals surface area contributed by atoms with Gasteiger partial charge < -0.3 is 5.32 Å². The van der Waals surface area contributed by atoms with Crippen molar-refractivity contribution in [1.82, 2.24) is 4.31 Å². The van der Waals surface area contributed by atoms with Crippen molar-refractivity contribution in [2.45, 2.75) is 30.7 Å². The first-order valence-corrected chi connectivity index (χ1v) is 9.83. The molecule has 1 fully saturated rings. The first-order valence-electron chi connectivity index (χ1n) is 8.39. The zero-order chi connectivity index (χ0) is 20.5. The summed E-state index contributed by atoms with van der Waals surface area (Å²) in [6.07, 6.45) is -0.00776. The fourth-order valence-corrected chi connectivity index (χ4v) is 4.52. The third-order valence-corrected chi connectivity index (χ3v) is 6.23. The van der Waals surface area contributed by atoms with Crippen LogP contribution in [0.15, 0.2) is 53.4 Å². The smallest absolute Gasteiger partial charge is 0.269 e. The van der Waals surface area contributed by atoms with Gasteiger partial charge in [-0.25, -0.2) is 12.7 Å². The average Bonchev–Trinajstić information content (AvgIpc) is 3.05. The number of non-ortho nitro benzene ring substituents is 1. The van der Waals surface area contributed by atoms with Crippen LogP contribution in [0.4, 0.5) is 11.4 Å². The summed E-state index contributed by atoms with van der Waals surface area (Å²) < 4.78 is 26.4. The first-order chi connectivity index (χ1) is 13.2. The van der Waals surface area contributed by atoms with E-state index < -0.39 is 32.8 Å². The summed E-state index contributed by atoms with van der Waals surface area (Å²) >= 11 is 0. The fourth-order valence-electron chi connectivity index (χ4n) is 2.92. The number of hydrogen-bond acceptors (Lipinski definition) is 6. The second kappa shape index (κ2) is 7.39. The molecular formula is C18H17N3O6S. The number of carbonyl (C=O) groups is 2. The summed E-state index contributed by atoms with van der Waals surface area (Å²) in [4.78, 5) is 34.9. The van der Waals surface area contributed by atoms with Gasteiger partial charge in [0.1, 0.15) is 6.04 Å². The first kappa shape index (κ1) is 19.5. The number of nitro benzene ring substituents is 1. The fraction of sp³-hybridized carbons (Fsp3) is 0.222. The molecule has 3 rings (SSSR count). The molecule has 0 aromatic heterocycles. The number of anilines is 1. The number of nitrogens with zero attached hydrogens (tertiary/aromatic N) is 2. The van der Waals surface area contributed by atoms with Crippen molar-refractivity contribution in [2.75, 3.05) is 5.32 Å². The van der Waals surface area contributed by atoms with Crippen LogP contribution in [-0.2, 0) is 19.6 Å². The van der Waals surface area contributed by atoms with Gasteiger partial charge in [-0.2, -0.15) is 0 Å². The lowest BCUT2D eigenvalue weighted by Gasteiger charge is -2.23. The number of rotatable bonds is 5. The van der Waals surface area contributed by atoms with Gasteiger partial charge >= 0.3 is 0 Å². The van der Waals surface area contributed by atoms with Crippen LogP contribution in [0.2, 0.25) is 0 Å². The van der Waals surface area contributed by atoms with Crippen LogP contribution in [0.1, 0.15) is 18.4 Å². The number of carbonyl (C=O) groups excluding carboxylic acids is 2. The molecule has 9 nitrogen and oxygen atoms in total. The van der Waals surface area contributed by atoms with Gasteiger partial charge in [-0.15, -0.1) is 0 Å². The Balaban J connectivity index is 1.84. The maximum Gasteiger partial charge on any atom is 0.269 e. The zero-order valence-corrected chi connectivity index (χ0v) is 15.7. The lowest BCUT2D eigenvalue weighted by Crippen LogP contribution is -2.45. The van der Waals surface area contributed by atoms with Crippen LogP contribution in [0.5, 0.6) is 0 Å². The second-order valence-electron chi connectivity index (χ2n) is 6.36. The lowest BCUT2D eigenvalue weighted by atomic mass is 10.2. The molecule has 146 valence electrons. The Labute approximate surface area is 161 Å². The van der Waals surface area contributed by atoms with E-state index in [1.165, 1.54) is 36.4 Å². The zero-order valence-electron chi connectivity index (χ0n) is 14.9. The van der Waals surface area contributed by atoms with E-state index in [2.05, 4.69) is 5.32 Å². The Bertz CT molecular complexity index is 1030. The van der Waals surface area contributed by atoms with Crippen LogP contribution in [0, 0.1) is 17.0 Å². The third kappa shape index (κ3) is 3.72. The molecule has 0 radical (unpaired) electrons. The minimum atomic E-state index is -4.18. The van der Waals surface area contributed by atoms with Crippen molar-refractivity contribution < 1.29 is 22.9 Å². The second-order valence-corrected chi connectivity index (χ2v) is 8.17. The van der Waals surface area contributed by atoms with E-state index in [1.54, 1.807) is 19.1 Å². The number of aryl methyl sites for hydroxylation is 1. The monoisotopic (exact) mass is 403 g/mol. The molecule has 10 heteroatoms. The largest absolute Gasteiger partial charge is 0.324 e. The van der Waals surface area contributed by atoms with Crippen LogP contribution in [0.3, 0.4) is 0 Å². The van der Waals surface area contributed by atoms with Gasteiger partial charge in [0.25, 0.3) is 15.7 Å². The Hall–Kier alpha value is -3.27. The molecule has 0 aliphatic carbocycles. The van der Waals surface area contributed by atoms with E-state index in [0.717, 1.165) is 5.56 Å². The molecule has 1 unspecified atom stereocenters. The van der Waals surface area contributed by atoms with Gasteiger partial charge in [0, 0.05) is 24.2 Å². The van der Waals surface area contributed by atoms with Gasteiger partial charge in [0.05, 0.1) is 9.82 Å². The van der Waals surface area contributed by atoms with Gasteiger partial charge in [-0.05, 0) is 37.6 Å². The van der Waals surface area contributed by atoms with Gasteiger partial charge in [0.15, 0.2) is 0 Å². The maximum atomic E-state index is 12.9. The normalized spacial score (nSPS) is 16.8. The molecule has 28 heavy (non-hydrogen) atoms. The molecule has 1 heterocycles. The van der Waals surface area contributed by atoms with Crippen molar-refractivity contribution in [1.29, 1.82) is 0 Å². The number of hydrogen-bond donors (Lipinski definition) is 1.